The summed E-state index contributed by atoms with van der Waals surface area (Å²) in [5.41, 5.74) is 0.666. The molecule has 0 saturated carbocycles. The lowest BCUT2D eigenvalue weighted by atomic mass is 10.1. The molecule has 2 aromatic rings. The van der Waals surface area contributed by atoms with Crippen LogP contribution in [0.1, 0.15) is 22.3 Å². The second-order valence-electron chi connectivity index (χ2n) is 5.20. The lowest BCUT2D eigenvalue weighted by Gasteiger charge is -2.14. The molecule has 2 rings (SSSR count). The Hall–Kier alpha value is -2.98. The summed E-state index contributed by atoms with van der Waals surface area (Å²) >= 11 is 0. The van der Waals surface area contributed by atoms with Crippen molar-refractivity contribution >= 4 is 22.7 Å². The molecule has 0 aromatic heterocycles. The van der Waals surface area contributed by atoms with Crippen molar-refractivity contribution in [2.75, 3.05) is 5.75 Å². The van der Waals surface area contributed by atoms with Crippen molar-refractivity contribution < 1.29 is 18.9 Å². The maximum Gasteiger partial charge on any atom is 0.326 e. The molecule has 2 atom stereocenters. The fourth-order valence-corrected chi connectivity index (χ4v) is 3.26. The molecular formula is C18H16N2O4S. The fourth-order valence-electron chi connectivity index (χ4n) is 2.11. The molecule has 0 aliphatic carbocycles. The minimum absolute atomic E-state index is 0.0405. The van der Waals surface area contributed by atoms with Crippen LogP contribution in [0.3, 0.4) is 0 Å². The molecule has 7 heteroatoms. The number of carbonyl (C=O) groups is 2. The molecule has 0 spiro atoms. The Morgan fingerprint density at radius 1 is 1.12 bits per heavy atom. The van der Waals surface area contributed by atoms with Crippen LogP contribution in [-0.2, 0) is 15.6 Å². The quantitative estimate of drug-likeness (QED) is 0.788. The van der Waals surface area contributed by atoms with Gasteiger partial charge in [0, 0.05) is 16.2 Å². The van der Waals surface area contributed by atoms with Gasteiger partial charge in [0.15, 0.2) is 0 Å². The Morgan fingerprint density at radius 3 is 2.32 bits per heavy atom. The largest absolute Gasteiger partial charge is 0.480 e. The molecule has 0 aliphatic heterocycles. The zero-order valence-corrected chi connectivity index (χ0v) is 14.0. The van der Waals surface area contributed by atoms with E-state index >= 15 is 0 Å². The zero-order chi connectivity index (χ0) is 18.2. The van der Waals surface area contributed by atoms with Crippen molar-refractivity contribution in [3.63, 3.8) is 0 Å². The highest BCUT2D eigenvalue weighted by atomic mass is 32.2. The smallest absolute Gasteiger partial charge is 0.326 e. The second-order valence-corrected chi connectivity index (χ2v) is 6.78. The topological polar surface area (TPSA) is 107 Å². The van der Waals surface area contributed by atoms with Gasteiger partial charge in [-0.15, -0.1) is 0 Å². The van der Waals surface area contributed by atoms with E-state index in [4.69, 9.17) is 5.26 Å². The van der Waals surface area contributed by atoms with E-state index in [9.17, 15) is 18.9 Å². The molecule has 1 amide bonds. The van der Waals surface area contributed by atoms with Crippen LogP contribution in [0.4, 0.5) is 0 Å². The average Bonchev–Trinajstić information content (AvgIpc) is 2.65. The summed E-state index contributed by atoms with van der Waals surface area (Å²) in [6.45, 7) is 0. The number of nitrogens with one attached hydrogen (secondary N) is 1. The maximum absolute atomic E-state index is 12.2. The molecule has 0 unspecified atom stereocenters. The fraction of sp³-hybridized carbons (Fsp3) is 0.167. The SMILES string of the molecule is N#Cc1ccc(C(=O)N[C@H](CC[S@](=O)c2ccccc2)C(=O)O)cc1. The molecule has 0 fully saturated rings. The number of rotatable bonds is 7. The van der Waals surface area contributed by atoms with Gasteiger partial charge < -0.3 is 10.4 Å². The van der Waals surface area contributed by atoms with Crippen LogP contribution < -0.4 is 5.32 Å². The lowest BCUT2D eigenvalue weighted by Crippen LogP contribution is -2.41. The van der Waals surface area contributed by atoms with Gasteiger partial charge in [-0.2, -0.15) is 5.26 Å². The first-order valence-electron chi connectivity index (χ1n) is 7.48. The van der Waals surface area contributed by atoms with E-state index in [0.29, 0.717) is 10.5 Å². The van der Waals surface area contributed by atoms with Gasteiger partial charge in [0.2, 0.25) is 0 Å². The van der Waals surface area contributed by atoms with Crippen LogP contribution >= 0.6 is 0 Å². The summed E-state index contributed by atoms with van der Waals surface area (Å²) in [6.07, 6.45) is 0.0405. The molecule has 25 heavy (non-hydrogen) atoms. The van der Waals surface area contributed by atoms with Crippen molar-refractivity contribution in [1.29, 1.82) is 5.26 Å². The third kappa shape index (κ3) is 5.26. The van der Waals surface area contributed by atoms with Crippen molar-refractivity contribution in [3.8, 4) is 6.07 Å². The normalized spacial score (nSPS) is 12.6. The van der Waals surface area contributed by atoms with Gasteiger partial charge in [0.05, 0.1) is 22.4 Å². The number of benzene rings is 2. The molecular weight excluding hydrogens is 340 g/mol. The molecule has 128 valence electrons. The summed E-state index contributed by atoms with van der Waals surface area (Å²) in [4.78, 5) is 24.1. The summed E-state index contributed by atoms with van der Waals surface area (Å²) in [5.74, 6) is -1.62. The van der Waals surface area contributed by atoms with E-state index in [1.54, 1.807) is 30.3 Å². The van der Waals surface area contributed by atoms with Gasteiger partial charge in [0.25, 0.3) is 5.91 Å². The predicted molar refractivity (Wildman–Crippen MR) is 92.4 cm³/mol. The average molecular weight is 356 g/mol. The molecule has 0 aliphatic rings. The first kappa shape index (κ1) is 18.4. The maximum atomic E-state index is 12.2. The first-order chi connectivity index (χ1) is 12.0. The predicted octanol–water partition coefficient (Wildman–Crippen LogP) is 1.94. The van der Waals surface area contributed by atoms with Crippen LogP contribution in [0.25, 0.3) is 0 Å². The molecule has 2 N–H and O–H groups in total. The Labute approximate surface area is 147 Å². The highest BCUT2D eigenvalue weighted by Gasteiger charge is 2.21. The summed E-state index contributed by atoms with van der Waals surface area (Å²) in [6, 6.07) is 15.4. The minimum atomic E-state index is -1.33. The van der Waals surface area contributed by atoms with E-state index in [1.165, 1.54) is 24.3 Å². The number of carboxylic acids is 1. The van der Waals surface area contributed by atoms with E-state index in [2.05, 4.69) is 5.32 Å². The van der Waals surface area contributed by atoms with Crippen LogP contribution in [0.5, 0.6) is 0 Å². The Bertz CT molecular complexity index is 813. The number of nitrogens with zero attached hydrogens (tertiary/aromatic N) is 1. The summed E-state index contributed by atoms with van der Waals surface area (Å²) in [5, 5.41) is 20.4. The number of carbonyl (C=O) groups excluding carboxylic acids is 1. The van der Waals surface area contributed by atoms with Gasteiger partial charge in [-0.3, -0.25) is 9.00 Å². The van der Waals surface area contributed by atoms with Crippen LogP contribution in [0.2, 0.25) is 0 Å². The highest BCUT2D eigenvalue weighted by Crippen LogP contribution is 2.09. The molecule has 0 radical (unpaired) electrons. The molecule has 0 bridgehead atoms. The molecule has 0 saturated heterocycles. The number of aliphatic carboxylic acids is 1. The van der Waals surface area contributed by atoms with Gasteiger partial charge in [-0.05, 0) is 42.8 Å². The summed E-state index contributed by atoms with van der Waals surface area (Å²) < 4.78 is 12.2. The van der Waals surface area contributed by atoms with E-state index < -0.39 is 28.7 Å². The molecule has 0 heterocycles. The lowest BCUT2D eigenvalue weighted by molar-refractivity contribution is -0.139. The summed E-state index contributed by atoms with van der Waals surface area (Å²) in [7, 11) is -1.33. The number of carboxylic acid groups (broad SMARTS) is 1. The van der Waals surface area contributed by atoms with Gasteiger partial charge in [0.1, 0.15) is 6.04 Å². The number of nitriles is 1. The van der Waals surface area contributed by atoms with Crippen molar-refractivity contribution in [2.45, 2.75) is 17.4 Å². The van der Waals surface area contributed by atoms with Crippen LogP contribution in [0, 0.1) is 11.3 Å². The van der Waals surface area contributed by atoms with E-state index in [0.717, 1.165) is 0 Å². The van der Waals surface area contributed by atoms with Crippen molar-refractivity contribution in [3.05, 3.63) is 65.7 Å². The van der Waals surface area contributed by atoms with Crippen molar-refractivity contribution in [2.24, 2.45) is 0 Å². The third-order valence-electron chi connectivity index (χ3n) is 3.48. The monoisotopic (exact) mass is 356 g/mol. The van der Waals surface area contributed by atoms with Gasteiger partial charge >= 0.3 is 5.97 Å². The molecule has 6 nitrogen and oxygen atoms in total. The second kappa shape index (κ2) is 8.76. The number of hydrogen-bond donors (Lipinski definition) is 2. The van der Waals surface area contributed by atoms with Crippen molar-refractivity contribution in [1.82, 2.24) is 5.32 Å². The first-order valence-corrected chi connectivity index (χ1v) is 8.80. The van der Waals surface area contributed by atoms with E-state index in [1.807, 2.05) is 6.07 Å². The van der Waals surface area contributed by atoms with Crippen LogP contribution in [0.15, 0.2) is 59.5 Å². The standard InChI is InChI=1S/C18H16N2O4S/c19-12-13-6-8-14(9-7-13)17(21)20-16(18(22)23)10-11-25(24)15-4-2-1-3-5-15/h1-9,16H,10-11H2,(H,20,21)(H,22,23)/t16-,25+/m1/s1. The van der Waals surface area contributed by atoms with Crippen LogP contribution in [-0.4, -0.2) is 33.0 Å². The Morgan fingerprint density at radius 2 is 1.76 bits per heavy atom. The number of hydrogen-bond acceptors (Lipinski definition) is 4. The Kier molecular flexibility index (Phi) is 6.43. The van der Waals surface area contributed by atoms with Gasteiger partial charge in [-0.1, -0.05) is 18.2 Å². The third-order valence-corrected chi connectivity index (χ3v) is 4.88. The molecule has 2 aromatic carbocycles. The number of amides is 1. The zero-order valence-electron chi connectivity index (χ0n) is 13.2. The van der Waals surface area contributed by atoms with E-state index in [-0.39, 0.29) is 17.7 Å². The highest BCUT2D eigenvalue weighted by molar-refractivity contribution is 7.85. The minimum Gasteiger partial charge on any atom is -0.480 e. The van der Waals surface area contributed by atoms with Gasteiger partial charge in [-0.25, -0.2) is 4.79 Å². The Balaban J connectivity index is 1.98.